The molecule has 0 radical (unpaired) electrons. The molecule has 112 valence electrons. The van der Waals surface area contributed by atoms with Gasteiger partial charge < -0.3 is 14.6 Å². The summed E-state index contributed by atoms with van der Waals surface area (Å²) in [4.78, 5) is 10.8. The van der Waals surface area contributed by atoms with Crippen LogP contribution in [0.2, 0.25) is 0 Å². The standard InChI is InChI=1S/C12H12F4O4/c1-19-9-3-2-7(10(17)18)4-8(9)5-20-6-12(15,16)11(13)14/h2-4,11H,5-6H2,1H3,(H,17,18). The Hall–Kier alpha value is -1.83. The van der Waals surface area contributed by atoms with E-state index >= 15 is 0 Å². The first kappa shape index (κ1) is 16.2. The summed E-state index contributed by atoms with van der Waals surface area (Å²) < 4.78 is 58.5. The largest absolute Gasteiger partial charge is 0.496 e. The highest BCUT2D eigenvalue weighted by atomic mass is 19.3. The summed E-state index contributed by atoms with van der Waals surface area (Å²) in [5.74, 6) is -5.25. The molecule has 1 aromatic rings. The van der Waals surface area contributed by atoms with E-state index in [-0.39, 0.29) is 16.9 Å². The number of carboxylic acids is 1. The Morgan fingerprint density at radius 1 is 1.40 bits per heavy atom. The molecule has 0 atom stereocenters. The zero-order valence-corrected chi connectivity index (χ0v) is 10.4. The van der Waals surface area contributed by atoms with Crippen LogP contribution in [0.1, 0.15) is 15.9 Å². The van der Waals surface area contributed by atoms with E-state index in [1.54, 1.807) is 0 Å². The van der Waals surface area contributed by atoms with Crippen LogP contribution in [0.4, 0.5) is 17.6 Å². The normalized spacial score (nSPS) is 11.7. The van der Waals surface area contributed by atoms with Gasteiger partial charge in [-0.2, -0.15) is 8.78 Å². The molecular formula is C12H12F4O4. The van der Waals surface area contributed by atoms with Crippen LogP contribution in [0.15, 0.2) is 18.2 Å². The molecule has 0 saturated heterocycles. The highest BCUT2D eigenvalue weighted by Gasteiger charge is 2.40. The topological polar surface area (TPSA) is 55.8 Å². The van der Waals surface area contributed by atoms with Crippen molar-refractivity contribution < 1.29 is 36.9 Å². The molecule has 0 aliphatic carbocycles. The number of methoxy groups -OCH3 is 1. The molecule has 1 aromatic carbocycles. The van der Waals surface area contributed by atoms with Crippen LogP contribution in [0.25, 0.3) is 0 Å². The lowest BCUT2D eigenvalue weighted by Crippen LogP contribution is -2.32. The maximum atomic E-state index is 12.6. The molecule has 0 bridgehead atoms. The van der Waals surface area contributed by atoms with Crippen LogP contribution >= 0.6 is 0 Å². The SMILES string of the molecule is COc1ccc(C(=O)O)cc1COCC(F)(F)C(F)F. The van der Waals surface area contributed by atoms with Crippen LogP contribution in [-0.2, 0) is 11.3 Å². The van der Waals surface area contributed by atoms with Gasteiger partial charge in [0.1, 0.15) is 12.4 Å². The highest BCUT2D eigenvalue weighted by molar-refractivity contribution is 5.88. The molecule has 0 heterocycles. The van der Waals surface area contributed by atoms with Gasteiger partial charge in [0.15, 0.2) is 0 Å². The predicted octanol–water partition coefficient (Wildman–Crippen LogP) is 2.81. The number of carboxylic acid groups (broad SMARTS) is 1. The van der Waals surface area contributed by atoms with Gasteiger partial charge in [-0.1, -0.05) is 0 Å². The van der Waals surface area contributed by atoms with Crippen molar-refractivity contribution in [3.8, 4) is 5.75 Å². The number of ether oxygens (including phenoxy) is 2. The average molecular weight is 296 g/mol. The Kier molecular flexibility index (Phi) is 5.32. The molecule has 0 saturated carbocycles. The second-order valence-corrected chi connectivity index (χ2v) is 3.89. The molecule has 0 fully saturated rings. The van der Waals surface area contributed by atoms with E-state index in [1.165, 1.54) is 25.3 Å². The van der Waals surface area contributed by atoms with Gasteiger partial charge in [0.25, 0.3) is 0 Å². The van der Waals surface area contributed by atoms with Gasteiger partial charge >= 0.3 is 18.3 Å². The first-order valence-electron chi connectivity index (χ1n) is 5.42. The van der Waals surface area contributed by atoms with Gasteiger partial charge in [0.2, 0.25) is 0 Å². The Morgan fingerprint density at radius 2 is 2.05 bits per heavy atom. The minimum atomic E-state index is -4.25. The molecule has 1 rings (SSSR count). The smallest absolute Gasteiger partial charge is 0.335 e. The minimum Gasteiger partial charge on any atom is -0.496 e. The lowest BCUT2D eigenvalue weighted by atomic mass is 10.1. The van der Waals surface area contributed by atoms with E-state index in [0.29, 0.717) is 0 Å². The van der Waals surface area contributed by atoms with Gasteiger partial charge in [-0.25, -0.2) is 13.6 Å². The fourth-order valence-electron chi connectivity index (χ4n) is 1.38. The van der Waals surface area contributed by atoms with E-state index in [0.717, 1.165) is 0 Å². The van der Waals surface area contributed by atoms with Crippen LogP contribution in [0.3, 0.4) is 0 Å². The number of alkyl halides is 4. The van der Waals surface area contributed by atoms with E-state index in [4.69, 9.17) is 9.84 Å². The Balaban J connectivity index is 2.76. The summed E-state index contributed by atoms with van der Waals surface area (Å²) >= 11 is 0. The first-order chi connectivity index (χ1) is 9.27. The molecule has 0 spiro atoms. The Bertz CT molecular complexity index is 477. The van der Waals surface area contributed by atoms with Crippen molar-refractivity contribution in [2.45, 2.75) is 19.0 Å². The van der Waals surface area contributed by atoms with Crippen molar-refractivity contribution in [3.63, 3.8) is 0 Å². The molecule has 0 unspecified atom stereocenters. The molecule has 0 aliphatic heterocycles. The molecule has 20 heavy (non-hydrogen) atoms. The van der Waals surface area contributed by atoms with E-state index < -0.39 is 31.5 Å². The van der Waals surface area contributed by atoms with Crippen molar-refractivity contribution in [2.75, 3.05) is 13.7 Å². The molecule has 8 heteroatoms. The number of rotatable bonds is 7. The molecule has 0 aliphatic rings. The lowest BCUT2D eigenvalue weighted by molar-refractivity contribution is -0.168. The van der Waals surface area contributed by atoms with Gasteiger partial charge in [-0.05, 0) is 18.2 Å². The van der Waals surface area contributed by atoms with E-state index in [9.17, 15) is 22.4 Å². The second-order valence-electron chi connectivity index (χ2n) is 3.89. The number of benzene rings is 1. The van der Waals surface area contributed by atoms with E-state index in [1.807, 2.05) is 0 Å². The quantitative estimate of drug-likeness (QED) is 0.786. The number of carbonyl (C=O) groups is 1. The third-order valence-electron chi connectivity index (χ3n) is 2.40. The molecule has 0 amide bonds. The summed E-state index contributed by atoms with van der Waals surface area (Å²) in [6.45, 7) is -1.93. The van der Waals surface area contributed by atoms with Gasteiger partial charge in [-0.15, -0.1) is 0 Å². The number of hydrogen-bond donors (Lipinski definition) is 1. The summed E-state index contributed by atoms with van der Waals surface area (Å²) in [6.07, 6.45) is -3.82. The summed E-state index contributed by atoms with van der Waals surface area (Å²) in [7, 11) is 1.30. The summed E-state index contributed by atoms with van der Waals surface area (Å²) in [5.41, 5.74) is 0.0856. The number of halogens is 4. The zero-order valence-electron chi connectivity index (χ0n) is 10.4. The first-order valence-corrected chi connectivity index (χ1v) is 5.42. The van der Waals surface area contributed by atoms with Crippen LogP contribution in [0, 0.1) is 0 Å². The van der Waals surface area contributed by atoms with Crippen LogP contribution in [-0.4, -0.2) is 37.1 Å². The van der Waals surface area contributed by atoms with Crippen molar-refractivity contribution in [2.24, 2.45) is 0 Å². The van der Waals surface area contributed by atoms with Gasteiger partial charge in [0.05, 0.1) is 19.3 Å². The third-order valence-corrected chi connectivity index (χ3v) is 2.40. The lowest BCUT2D eigenvalue weighted by Gasteiger charge is -2.16. The molecular weight excluding hydrogens is 284 g/mol. The highest BCUT2D eigenvalue weighted by Crippen LogP contribution is 2.25. The monoisotopic (exact) mass is 296 g/mol. The van der Waals surface area contributed by atoms with Crippen LogP contribution < -0.4 is 4.74 Å². The third kappa shape index (κ3) is 4.09. The zero-order chi connectivity index (χ0) is 15.3. The minimum absolute atomic E-state index is 0.0926. The molecule has 0 aromatic heterocycles. The van der Waals surface area contributed by atoms with Gasteiger partial charge in [-0.3, -0.25) is 0 Å². The Morgan fingerprint density at radius 3 is 2.55 bits per heavy atom. The van der Waals surface area contributed by atoms with Crippen molar-refractivity contribution in [1.82, 2.24) is 0 Å². The predicted molar refractivity (Wildman–Crippen MR) is 60.6 cm³/mol. The average Bonchev–Trinajstić information content (AvgIpc) is 2.38. The molecule has 4 nitrogen and oxygen atoms in total. The van der Waals surface area contributed by atoms with Crippen molar-refractivity contribution in [3.05, 3.63) is 29.3 Å². The Labute approximate surface area is 111 Å². The summed E-state index contributed by atoms with van der Waals surface area (Å²) in [5, 5.41) is 8.80. The van der Waals surface area contributed by atoms with Crippen LogP contribution in [0.5, 0.6) is 5.75 Å². The maximum Gasteiger partial charge on any atom is 0.335 e. The second kappa shape index (κ2) is 6.56. The van der Waals surface area contributed by atoms with Crippen molar-refractivity contribution in [1.29, 1.82) is 0 Å². The number of aromatic carboxylic acids is 1. The molecule has 1 N–H and O–H groups in total. The van der Waals surface area contributed by atoms with Crippen molar-refractivity contribution >= 4 is 5.97 Å². The summed E-state index contributed by atoms with van der Waals surface area (Å²) in [6, 6.07) is 3.76. The number of hydrogen-bond acceptors (Lipinski definition) is 3. The van der Waals surface area contributed by atoms with E-state index in [2.05, 4.69) is 4.74 Å². The maximum absolute atomic E-state index is 12.6. The fourth-order valence-corrected chi connectivity index (χ4v) is 1.38. The fraction of sp³-hybridized carbons (Fsp3) is 0.417. The van der Waals surface area contributed by atoms with Gasteiger partial charge in [0, 0.05) is 5.56 Å².